The van der Waals surface area contributed by atoms with Crippen LogP contribution in [0, 0.1) is 12.8 Å². The highest BCUT2D eigenvalue weighted by atomic mass is 32.1. The minimum Gasteiger partial charge on any atom is -0.355 e. The Bertz CT molecular complexity index is 463. The molecule has 1 saturated carbocycles. The number of nitrogens with one attached hydrogen (secondary N) is 1. The van der Waals surface area contributed by atoms with Crippen LogP contribution in [0.25, 0.3) is 0 Å². The van der Waals surface area contributed by atoms with Gasteiger partial charge in [0.05, 0.1) is 12.2 Å². The molecular formula is C14H22N4OS. The van der Waals surface area contributed by atoms with Crippen LogP contribution in [0.3, 0.4) is 0 Å². The zero-order valence-corrected chi connectivity index (χ0v) is 12.8. The fraction of sp³-hybridized carbons (Fsp3) is 0.714. The first kappa shape index (κ1) is 13.8. The lowest BCUT2D eigenvalue weighted by Crippen LogP contribution is -2.49. The van der Waals surface area contributed by atoms with Crippen molar-refractivity contribution in [3.8, 4) is 0 Å². The van der Waals surface area contributed by atoms with Crippen LogP contribution in [-0.4, -0.2) is 55.1 Å². The van der Waals surface area contributed by atoms with Crippen molar-refractivity contribution in [1.82, 2.24) is 15.2 Å². The van der Waals surface area contributed by atoms with E-state index in [0.717, 1.165) is 49.5 Å². The maximum Gasteiger partial charge on any atom is 0.234 e. The van der Waals surface area contributed by atoms with Gasteiger partial charge >= 0.3 is 0 Å². The maximum absolute atomic E-state index is 11.8. The molecule has 5 nitrogen and oxygen atoms in total. The lowest BCUT2D eigenvalue weighted by molar-refractivity contribution is -0.122. The Kier molecular flexibility index (Phi) is 4.21. The molecule has 1 aromatic heterocycles. The fourth-order valence-electron chi connectivity index (χ4n) is 2.42. The monoisotopic (exact) mass is 294 g/mol. The number of carbonyl (C=O) groups excluding carboxylic acids is 1. The molecule has 0 bridgehead atoms. The molecule has 2 fully saturated rings. The second-order valence-electron chi connectivity index (χ2n) is 5.78. The SMILES string of the molecule is Cc1csc(N2CCN(CC(=O)NCC3CC3)CC2)n1. The van der Waals surface area contributed by atoms with E-state index in [9.17, 15) is 4.79 Å². The zero-order chi connectivity index (χ0) is 13.9. The second-order valence-corrected chi connectivity index (χ2v) is 6.62. The highest BCUT2D eigenvalue weighted by Crippen LogP contribution is 2.27. The molecule has 0 radical (unpaired) electrons. The predicted molar refractivity (Wildman–Crippen MR) is 81.2 cm³/mol. The largest absolute Gasteiger partial charge is 0.355 e. The third-order valence-corrected chi connectivity index (χ3v) is 4.92. The average molecular weight is 294 g/mol. The number of carbonyl (C=O) groups is 1. The van der Waals surface area contributed by atoms with Crippen LogP contribution in [0.4, 0.5) is 5.13 Å². The van der Waals surface area contributed by atoms with Gasteiger partial charge in [-0.3, -0.25) is 9.69 Å². The Balaban J connectivity index is 1.40. The van der Waals surface area contributed by atoms with E-state index in [0.29, 0.717) is 6.54 Å². The molecule has 110 valence electrons. The van der Waals surface area contributed by atoms with Crippen molar-refractivity contribution < 1.29 is 4.79 Å². The van der Waals surface area contributed by atoms with E-state index in [1.807, 2.05) is 6.92 Å². The third kappa shape index (κ3) is 3.70. The summed E-state index contributed by atoms with van der Waals surface area (Å²) in [4.78, 5) is 20.9. The van der Waals surface area contributed by atoms with Crippen molar-refractivity contribution in [3.63, 3.8) is 0 Å². The van der Waals surface area contributed by atoms with Crippen molar-refractivity contribution in [1.29, 1.82) is 0 Å². The summed E-state index contributed by atoms with van der Waals surface area (Å²) in [6.07, 6.45) is 2.57. The number of rotatable bonds is 5. The van der Waals surface area contributed by atoms with Crippen LogP contribution in [0.2, 0.25) is 0 Å². The molecule has 20 heavy (non-hydrogen) atoms. The summed E-state index contributed by atoms with van der Waals surface area (Å²) >= 11 is 1.71. The minimum atomic E-state index is 0.176. The Morgan fingerprint density at radius 3 is 2.75 bits per heavy atom. The van der Waals surface area contributed by atoms with Crippen LogP contribution in [0.5, 0.6) is 0 Å². The molecule has 0 aromatic carbocycles. The van der Waals surface area contributed by atoms with Crippen LogP contribution < -0.4 is 10.2 Å². The number of piperazine rings is 1. The Morgan fingerprint density at radius 2 is 2.15 bits per heavy atom. The van der Waals surface area contributed by atoms with Gasteiger partial charge in [0.15, 0.2) is 5.13 Å². The predicted octanol–water partition coefficient (Wildman–Crippen LogP) is 1.10. The first-order valence-corrected chi connectivity index (χ1v) is 8.25. The Labute approximate surface area is 124 Å². The van der Waals surface area contributed by atoms with Gasteiger partial charge in [-0.25, -0.2) is 4.98 Å². The highest BCUT2D eigenvalue weighted by molar-refractivity contribution is 7.13. The van der Waals surface area contributed by atoms with Crippen LogP contribution in [0.15, 0.2) is 5.38 Å². The number of anilines is 1. The molecule has 2 heterocycles. The number of aromatic nitrogens is 1. The molecule has 6 heteroatoms. The fourth-order valence-corrected chi connectivity index (χ4v) is 3.28. The molecule has 1 saturated heterocycles. The van der Waals surface area contributed by atoms with Gasteiger partial charge in [-0.1, -0.05) is 0 Å². The van der Waals surface area contributed by atoms with Gasteiger partial charge < -0.3 is 10.2 Å². The van der Waals surface area contributed by atoms with E-state index in [1.54, 1.807) is 11.3 Å². The van der Waals surface area contributed by atoms with Gasteiger partial charge in [0.1, 0.15) is 0 Å². The summed E-state index contributed by atoms with van der Waals surface area (Å²) in [7, 11) is 0. The number of hydrogen-bond donors (Lipinski definition) is 1. The van der Waals surface area contributed by atoms with Crippen LogP contribution in [-0.2, 0) is 4.79 Å². The average Bonchev–Trinajstić information content (AvgIpc) is 3.18. The lowest BCUT2D eigenvalue weighted by atomic mass is 10.3. The smallest absolute Gasteiger partial charge is 0.234 e. The van der Waals surface area contributed by atoms with Gasteiger partial charge in [-0.05, 0) is 25.7 Å². The van der Waals surface area contributed by atoms with Crippen molar-refractivity contribution in [2.45, 2.75) is 19.8 Å². The molecule has 0 spiro atoms. The molecule has 1 aliphatic heterocycles. The van der Waals surface area contributed by atoms with E-state index in [1.165, 1.54) is 12.8 Å². The number of nitrogens with zero attached hydrogens (tertiary/aromatic N) is 3. The molecule has 1 amide bonds. The van der Waals surface area contributed by atoms with E-state index >= 15 is 0 Å². The Morgan fingerprint density at radius 1 is 1.40 bits per heavy atom. The summed E-state index contributed by atoms with van der Waals surface area (Å²) in [6, 6.07) is 0. The summed E-state index contributed by atoms with van der Waals surface area (Å²) in [6.45, 7) is 7.24. The third-order valence-electron chi connectivity index (χ3n) is 3.90. The van der Waals surface area contributed by atoms with Crippen LogP contribution >= 0.6 is 11.3 Å². The highest BCUT2D eigenvalue weighted by Gasteiger charge is 2.23. The van der Waals surface area contributed by atoms with Gasteiger partial charge in [0.2, 0.25) is 5.91 Å². The van der Waals surface area contributed by atoms with Crippen molar-refractivity contribution in [3.05, 3.63) is 11.1 Å². The molecule has 1 aromatic rings. The quantitative estimate of drug-likeness (QED) is 0.883. The summed E-state index contributed by atoms with van der Waals surface area (Å²) in [5, 5.41) is 6.24. The number of hydrogen-bond acceptors (Lipinski definition) is 5. The summed E-state index contributed by atoms with van der Waals surface area (Å²) < 4.78 is 0. The second kappa shape index (κ2) is 6.10. The van der Waals surface area contributed by atoms with E-state index in [2.05, 4.69) is 25.5 Å². The molecular weight excluding hydrogens is 272 g/mol. The van der Waals surface area contributed by atoms with Crippen molar-refractivity contribution >= 4 is 22.4 Å². The lowest BCUT2D eigenvalue weighted by Gasteiger charge is -2.34. The van der Waals surface area contributed by atoms with Crippen molar-refractivity contribution in [2.75, 3.05) is 44.2 Å². The van der Waals surface area contributed by atoms with Gasteiger partial charge in [-0.2, -0.15) is 0 Å². The number of amides is 1. The summed E-state index contributed by atoms with van der Waals surface area (Å²) in [5.74, 6) is 0.930. The topological polar surface area (TPSA) is 48.5 Å². The van der Waals surface area contributed by atoms with E-state index in [4.69, 9.17) is 0 Å². The van der Waals surface area contributed by atoms with Gasteiger partial charge in [0.25, 0.3) is 0 Å². The van der Waals surface area contributed by atoms with Crippen molar-refractivity contribution in [2.24, 2.45) is 5.92 Å². The van der Waals surface area contributed by atoms with Gasteiger partial charge in [-0.15, -0.1) is 11.3 Å². The standard InChI is InChI=1S/C14H22N4OS/c1-11-10-20-14(16-11)18-6-4-17(5-7-18)9-13(19)15-8-12-2-3-12/h10,12H,2-9H2,1H3,(H,15,19). The first-order valence-electron chi connectivity index (χ1n) is 7.37. The minimum absolute atomic E-state index is 0.176. The maximum atomic E-state index is 11.8. The summed E-state index contributed by atoms with van der Waals surface area (Å²) in [5.41, 5.74) is 1.09. The van der Waals surface area contributed by atoms with E-state index in [-0.39, 0.29) is 5.91 Å². The zero-order valence-electron chi connectivity index (χ0n) is 12.0. The number of aryl methyl sites for hydroxylation is 1. The van der Waals surface area contributed by atoms with Gasteiger partial charge in [0, 0.05) is 38.1 Å². The van der Waals surface area contributed by atoms with Crippen LogP contribution in [0.1, 0.15) is 18.5 Å². The molecule has 1 aliphatic carbocycles. The number of thiazole rings is 1. The Hall–Kier alpha value is -1.14. The normalized spacial score (nSPS) is 20.1. The molecule has 3 rings (SSSR count). The molecule has 0 atom stereocenters. The van der Waals surface area contributed by atoms with E-state index < -0.39 is 0 Å². The molecule has 1 N–H and O–H groups in total. The first-order chi connectivity index (χ1) is 9.70. The molecule has 0 unspecified atom stereocenters. The molecule has 2 aliphatic rings.